The largest absolute Gasteiger partial charge is 0.416 e. The number of aromatic nitrogens is 1. The molecule has 116 valence electrons. The predicted molar refractivity (Wildman–Crippen MR) is 66.0 cm³/mol. The Morgan fingerprint density at radius 2 is 2.14 bits per heavy atom. The van der Waals surface area contributed by atoms with Crippen LogP contribution in [0.2, 0.25) is 0 Å². The number of anilines is 1. The van der Waals surface area contributed by atoms with Crippen LogP contribution in [0.5, 0.6) is 0 Å². The Kier molecular flexibility index (Phi) is 4.06. The van der Waals surface area contributed by atoms with Crippen LogP contribution < -0.4 is 4.90 Å². The highest BCUT2D eigenvalue weighted by molar-refractivity contribution is 5.93. The summed E-state index contributed by atoms with van der Waals surface area (Å²) < 4.78 is 38.1. The number of nitrogens with zero attached hydrogens (tertiary/aromatic N) is 3. The molecule has 0 radical (unpaired) electrons. The number of carbonyl (C=O) groups is 1. The number of hydroxylamine groups is 2. The fraction of sp³-hybridized carbons (Fsp3) is 0.500. The van der Waals surface area contributed by atoms with Gasteiger partial charge in [0.05, 0.1) is 12.7 Å². The van der Waals surface area contributed by atoms with Crippen LogP contribution in [0.3, 0.4) is 0 Å². The highest BCUT2D eigenvalue weighted by Crippen LogP contribution is 2.33. The van der Waals surface area contributed by atoms with Crippen LogP contribution >= 0.6 is 0 Å². The van der Waals surface area contributed by atoms with Gasteiger partial charge in [-0.15, -0.1) is 0 Å². The molecule has 6 nitrogen and oxygen atoms in total. The molecule has 1 aromatic rings. The zero-order valence-corrected chi connectivity index (χ0v) is 11.3. The molecule has 1 aromatic heterocycles. The van der Waals surface area contributed by atoms with Gasteiger partial charge in [-0.1, -0.05) is 6.92 Å². The summed E-state index contributed by atoms with van der Waals surface area (Å²) in [6.07, 6.45) is -4.58. The first-order chi connectivity index (χ1) is 9.81. The second-order valence-corrected chi connectivity index (χ2v) is 4.45. The zero-order chi connectivity index (χ0) is 15.8. The van der Waals surface area contributed by atoms with E-state index in [-0.39, 0.29) is 5.82 Å². The number of amides is 2. The fourth-order valence-corrected chi connectivity index (χ4v) is 2.20. The molecular weight excluding hydrogens is 291 g/mol. The Labute approximate surface area is 118 Å². The first-order valence-electron chi connectivity index (χ1n) is 6.19. The summed E-state index contributed by atoms with van der Waals surface area (Å²) in [4.78, 5) is 21.5. The van der Waals surface area contributed by atoms with Crippen molar-refractivity contribution >= 4 is 11.8 Å². The van der Waals surface area contributed by atoms with Gasteiger partial charge in [-0.25, -0.2) is 14.7 Å². The van der Waals surface area contributed by atoms with Gasteiger partial charge < -0.3 is 5.11 Å². The summed E-state index contributed by atoms with van der Waals surface area (Å²) in [5.41, 5.74) is -0.948. The van der Waals surface area contributed by atoms with Crippen LogP contribution in [0.1, 0.15) is 18.9 Å². The zero-order valence-electron chi connectivity index (χ0n) is 11.3. The van der Waals surface area contributed by atoms with Crippen molar-refractivity contribution in [1.29, 1.82) is 0 Å². The number of urea groups is 1. The average molecular weight is 305 g/mol. The van der Waals surface area contributed by atoms with E-state index in [1.54, 1.807) is 6.92 Å². The maximum absolute atomic E-state index is 12.7. The number of alkyl halides is 3. The molecule has 1 saturated heterocycles. The SMILES string of the molecule is CCC1C(O)N(c2cc(C(F)(F)F)ccn2)C(=O)N1OC. The van der Waals surface area contributed by atoms with Crippen molar-refractivity contribution in [3.05, 3.63) is 23.9 Å². The number of hydrogen-bond donors (Lipinski definition) is 1. The molecule has 9 heteroatoms. The van der Waals surface area contributed by atoms with Crippen molar-refractivity contribution in [2.24, 2.45) is 0 Å². The number of aliphatic hydroxyl groups is 1. The van der Waals surface area contributed by atoms with Gasteiger partial charge in [0.15, 0.2) is 6.23 Å². The van der Waals surface area contributed by atoms with Crippen LogP contribution in [0.15, 0.2) is 18.3 Å². The van der Waals surface area contributed by atoms with Crippen LogP contribution in [0.4, 0.5) is 23.8 Å². The molecule has 2 rings (SSSR count). The Morgan fingerprint density at radius 1 is 1.48 bits per heavy atom. The molecule has 2 atom stereocenters. The van der Waals surface area contributed by atoms with Crippen molar-refractivity contribution in [3.8, 4) is 0 Å². The third kappa shape index (κ3) is 2.66. The summed E-state index contributed by atoms with van der Waals surface area (Å²) in [6, 6.07) is 0.0666. The van der Waals surface area contributed by atoms with Crippen molar-refractivity contribution in [1.82, 2.24) is 10.0 Å². The molecule has 0 saturated carbocycles. The number of aliphatic hydroxyl groups excluding tert-OH is 1. The van der Waals surface area contributed by atoms with Gasteiger partial charge >= 0.3 is 12.2 Å². The van der Waals surface area contributed by atoms with Crippen molar-refractivity contribution in [3.63, 3.8) is 0 Å². The smallest absolute Gasteiger partial charge is 0.371 e. The Hall–Kier alpha value is -1.87. The normalized spacial score (nSPS) is 23.0. The highest BCUT2D eigenvalue weighted by atomic mass is 19.4. The van der Waals surface area contributed by atoms with Crippen LogP contribution in [-0.4, -0.2) is 40.6 Å². The summed E-state index contributed by atoms with van der Waals surface area (Å²) in [5.74, 6) is -0.277. The number of pyridine rings is 1. The molecule has 0 bridgehead atoms. The van der Waals surface area contributed by atoms with E-state index in [2.05, 4.69) is 4.98 Å². The van der Waals surface area contributed by atoms with Gasteiger partial charge in [0.25, 0.3) is 0 Å². The summed E-state index contributed by atoms with van der Waals surface area (Å²) in [7, 11) is 1.25. The molecule has 1 aliphatic heterocycles. The molecule has 1 fully saturated rings. The van der Waals surface area contributed by atoms with E-state index in [1.807, 2.05) is 0 Å². The van der Waals surface area contributed by atoms with Gasteiger partial charge in [0.2, 0.25) is 0 Å². The van der Waals surface area contributed by atoms with E-state index in [0.717, 1.165) is 22.2 Å². The minimum Gasteiger partial charge on any atom is -0.371 e. The van der Waals surface area contributed by atoms with Gasteiger partial charge in [0, 0.05) is 6.20 Å². The molecule has 2 heterocycles. The third-order valence-corrected chi connectivity index (χ3v) is 3.24. The first kappa shape index (κ1) is 15.5. The van der Waals surface area contributed by atoms with E-state index in [0.29, 0.717) is 12.5 Å². The van der Waals surface area contributed by atoms with Crippen LogP contribution in [0.25, 0.3) is 0 Å². The molecule has 1 aliphatic rings. The third-order valence-electron chi connectivity index (χ3n) is 3.24. The lowest BCUT2D eigenvalue weighted by Crippen LogP contribution is -2.37. The van der Waals surface area contributed by atoms with Gasteiger partial charge in [-0.3, -0.25) is 4.84 Å². The molecule has 2 amide bonds. The number of halogens is 3. The number of carbonyl (C=O) groups excluding carboxylic acids is 1. The number of hydrogen-bond acceptors (Lipinski definition) is 4. The molecular formula is C12H14F3N3O3. The summed E-state index contributed by atoms with van der Waals surface area (Å²) in [6.45, 7) is 1.72. The minimum atomic E-state index is -4.56. The highest BCUT2D eigenvalue weighted by Gasteiger charge is 2.46. The van der Waals surface area contributed by atoms with Crippen molar-refractivity contribution in [2.75, 3.05) is 12.0 Å². The molecule has 1 N–H and O–H groups in total. The number of rotatable bonds is 3. The molecule has 21 heavy (non-hydrogen) atoms. The molecule has 0 aliphatic carbocycles. The Balaban J connectivity index is 2.40. The standard InChI is InChI=1S/C12H14F3N3O3/c1-3-8-10(19)17(11(20)18(8)21-2)9-6-7(4-5-16-9)12(13,14)15/h4-6,8,10,19H,3H2,1-2H3. The lowest BCUT2D eigenvalue weighted by atomic mass is 10.2. The maximum atomic E-state index is 12.7. The topological polar surface area (TPSA) is 65.9 Å². The Morgan fingerprint density at radius 3 is 2.62 bits per heavy atom. The van der Waals surface area contributed by atoms with Crippen LogP contribution in [-0.2, 0) is 11.0 Å². The van der Waals surface area contributed by atoms with Crippen molar-refractivity contribution in [2.45, 2.75) is 31.8 Å². The van der Waals surface area contributed by atoms with Gasteiger partial charge in [0.1, 0.15) is 11.9 Å². The van der Waals surface area contributed by atoms with E-state index in [1.165, 1.54) is 7.11 Å². The Bertz CT molecular complexity index is 538. The molecule has 0 aromatic carbocycles. The summed E-state index contributed by atoms with van der Waals surface area (Å²) in [5, 5.41) is 11.1. The van der Waals surface area contributed by atoms with E-state index >= 15 is 0 Å². The fourth-order valence-electron chi connectivity index (χ4n) is 2.20. The maximum Gasteiger partial charge on any atom is 0.416 e. The second kappa shape index (κ2) is 5.49. The van der Waals surface area contributed by atoms with Crippen LogP contribution in [0, 0.1) is 0 Å². The van der Waals surface area contributed by atoms with Gasteiger partial charge in [-0.2, -0.15) is 18.2 Å². The molecule has 2 unspecified atom stereocenters. The van der Waals surface area contributed by atoms with Crippen molar-refractivity contribution < 1.29 is 27.9 Å². The monoisotopic (exact) mass is 305 g/mol. The predicted octanol–water partition coefficient (Wildman–Crippen LogP) is 2.00. The van der Waals surface area contributed by atoms with Gasteiger partial charge in [-0.05, 0) is 18.6 Å². The quantitative estimate of drug-likeness (QED) is 0.927. The molecule has 0 spiro atoms. The van der Waals surface area contributed by atoms with E-state index in [9.17, 15) is 23.1 Å². The first-order valence-corrected chi connectivity index (χ1v) is 6.19. The average Bonchev–Trinajstić information content (AvgIpc) is 2.68. The second-order valence-electron chi connectivity index (χ2n) is 4.45. The lowest BCUT2D eigenvalue weighted by Gasteiger charge is -2.20. The minimum absolute atomic E-state index is 0.277. The van der Waals surface area contributed by atoms with E-state index < -0.39 is 30.0 Å². The van der Waals surface area contributed by atoms with E-state index in [4.69, 9.17) is 4.84 Å². The lowest BCUT2D eigenvalue weighted by molar-refractivity contribution is -0.137. The summed E-state index contributed by atoms with van der Waals surface area (Å²) >= 11 is 0.